The molecule has 0 aliphatic carbocycles. The SMILES string of the molecule is Cc1[nH]ncc1-c1ccc2nccc(N3CCN(CCN)CC3)c2c1. The molecule has 4 rings (SSSR count). The van der Waals surface area contributed by atoms with Crippen molar-refractivity contribution in [2.45, 2.75) is 6.92 Å². The van der Waals surface area contributed by atoms with Gasteiger partial charge in [0.25, 0.3) is 0 Å². The van der Waals surface area contributed by atoms with E-state index in [1.54, 1.807) is 0 Å². The number of aromatic amines is 1. The van der Waals surface area contributed by atoms with E-state index in [2.05, 4.69) is 49.2 Å². The summed E-state index contributed by atoms with van der Waals surface area (Å²) in [5.41, 5.74) is 11.4. The molecule has 1 saturated heterocycles. The minimum atomic E-state index is 0.728. The molecule has 1 aliphatic heterocycles. The molecule has 1 aliphatic rings. The van der Waals surface area contributed by atoms with E-state index in [4.69, 9.17) is 5.73 Å². The Morgan fingerprint density at radius 3 is 2.72 bits per heavy atom. The maximum Gasteiger partial charge on any atom is 0.0723 e. The summed E-state index contributed by atoms with van der Waals surface area (Å²) < 4.78 is 0. The Kier molecular flexibility index (Phi) is 4.38. The van der Waals surface area contributed by atoms with E-state index in [1.807, 2.05) is 19.3 Å². The molecule has 0 spiro atoms. The Labute approximate surface area is 147 Å². The summed E-state index contributed by atoms with van der Waals surface area (Å²) in [7, 11) is 0. The second kappa shape index (κ2) is 6.82. The van der Waals surface area contributed by atoms with Gasteiger partial charge in [-0.15, -0.1) is 0 Å². The van der Waals surface area contributed by atoms with Crippen molar-refractivity contribution in [2.24, 2.45) is 5.73 Å². The van der Waals surface area contributed by atoms with Crippen molar-refractivity contribution in [3.8, 4) is 11.1 Å². The molecule has 130 valence electrons. The third-order valence-corrected chi connectivity index (χ3v) is 5.02. The number of aromatic nitrogens is 3. The maximum absolute atomic E-state index is 5.68. The topological polar surface area (TPSA) is 74.1 Å². The molecule has 3 N–H and O–H groups in total. The van der Waals surface area contributed by atoms with Crippen molar-refractivity contribution >= 4 is 16.6 Å². The zero-order chi connectivity index (χ0) is 17.2. The van der Waals surface area contributed by atoms with Crippen molar-refractivity contribution in [1.82, 2.24) is 20.1 Å². The van der Waals surface area contributed by atoms with E-state index in [-0.39, 0.29) is 0 Å². The minimum absolute atomic E-state index is 0.728. The standard InChI is InChI=1S/C19H24N6/c1-14-17(13-22-23-14)15-2-3-18-16(12-15)19(4-6-21-18)25-10-8-24(7-5-20)9-11-25/h2-4,6,12-13H,5,7-11,20H2,1H3,(H,22,23). The first kappa shape index (κ1) is 16.1. The number of nitrogens with zero attached hydrogens (tertiary/aromatic N) is 4. The van der Waals surface area contributed by atoms with Gasteiger partial charge in [-0.25, -0.2) is 0 Å². The first-order chi connectivity index (χ1) is 12.3. The van der Waals surface area contributed by atoms with Gasteiger partial charge in [-0.2, -0.15) is 5.10 Å². The quantitative estimate of drug-likeness (QED) is 0.762. The lowest BCUT2D eigenvalue weighted by Gasteiger charge is -2.36. The van der Waals surface area contributed by atoms with Gasteiger partial charge in [0, 0.05) is 67.8 Å². The number of piperazine rings is 1. The summed E-state index contributed by atoms with van der Waals surface area (Å²) in [5, 5.41) is 8.37. The lowest BCUT2D eigenvalue weighted by molar-refractivity contribution is 0.265. The summed E-state index contributed by atoms with van der Waals surface area (Å²) in [6.45, 7) is 7.92. The van der Waals surface area contributed by atoms with Gasteiger partial charge in [-0.05, 0) is 30.7 Å². The monoisotopic (exact) mass is 336 g/mol. The highest BCUT2D eigenvalue weighted by atomic mass is 15.3. The second-order valence-corrected chi connectivity index (χ2v) is 6.59. The van der Waals surface area contributed by atoms with Gasteiger partial charge in [0.15, 0.2) is 0 Å². The molecule has 0 atom stereocenters. The number of pyridine rings is 1. The third-order valence-electron chi connectivity index (χ3n) is 5.02. The molecule has 2 aromatic heterocycles. The highest BCUT2D eigenvalue weighted by Gasteiger charge is 2.18. The predicted octanol–water partition coefficient (Wildman–Crippen LogP) is 2.01. The average molecular weight is 336 g/mol. The van der Waals surface area contributed by atoms with E-state index in [0.717, 1.165) is 56.0 Å². The Hall–Kier alpha value is -2.44. The van der Waals surface area contributed by atoms with Crippen LogP contribution in [0, 0.1) is 6.92 Å². The normalized spacial score (nSPS) is 15.8. The largest absolute Gasteiger partial charge is 0.368 e. The molecule has 25 heavy (non-hydrogen) atoms. The summed E-state index contributed by atoms with van der Waals surface area (Å²) in [5.74, 6) is 0. The lowest BCUT2D eigenvalue weighted by Crippen LogP contribution is -2.47. The average Bonchev–Trinajstić information content (AvgIpc) is 3.08. The molecule has 0 saturated carbocycles. The molecule has 0 amide bonds. The van der Waals surface area contributed by atoms with Gasteiger partial charge in [0.05, 0.1) is 11.7 Å². The van der Waals surface area contributed by atoms with E-state index >= 15 is 0 Å². The van der Waals surface area contributed by atoms with E-state index in [0.29, 0.717) is 0 Å². The molecule has 6 nitrogen and oxygen atoms in total. The zero-order valence-corrected chi connectivity index (χ0v) is 14.6. The van der Waals surface area contributed by atoms with Crippen molar-refractivity contribution in [3.63, 3.8) is 0 Å². The fourth-order valence-electron chi connectivity index (χ4n) is 3.61. The van der Waals surface area contributed by atoms with Gasteiger partial charge in [-0.1, -0.05) is 6.07 Å². The van der Waals surface area contributed by atoms with E-state index in [1.165, 1.54) is 16.6 Å². The van der Waals surface area contributed by atoms with Crippen molar-refractivity contribution < 1.29 is 0 Å². The minimum Gasteiger partial charge on any atom is -0.368 e. The number of anilines is 1. The van der Waals surface area contributed by atoms with Crippen LogP contribution in [0.4, 0.5) is 5.69 Å². The molecular weight excluding hydrogens is 312 g/mol. The van der Waals surface area contributed by atoms with Crippen LogP contribution in [0.2, 0.25) is 0 Å². The van der Waals surface area contributed by atoms with Crippen LogP contribution in [0.15, 0.2) is 36.7 Å². The number of hydrogen-bond acceptors (Lipinski definition) is 5. The zero-order valence-electron chi connectivity index (χ0n) is 14.6. The van der Waals surface area contributed by atoms with Crippen molar-refractivity contribution in [3.05, 3.63) is 42.4 Å². The van der Waals surface area contributed by atoms with Gasteiger partial charge >= 0.3 is 0 Å². The fourth-order valence-corrected chi connectivity index (χ4v) is 3.61. The first-order valence-electron chi connectivity index (χ1n) is 8.83. The Bertz CT molecular complexity index is 863. The van der Waals surface area contributed by atoms with Gasteiger partial charge in [0.1, 0.15) is 0 Å². The molecule has 3 heterocycles. The van der Waals surface area contributed by atoms with Crippen LogP contribution in [0.3, 0.4) is 0 Å². The molecule has 1 aromatic carbocycles. The fraction of sp³-hybridized carbons (Fsp3) is 0.368. The summed E-state index contributed by atoms with van der Waals surface area (Å²) >= 11 is 0. The Morgan fingerprint density at radius 2 is 2.00 bits per heavy atom. The molecule has 0 radical (unpaired) electrons. The smallest absolute Gasteiger partial charge is 0.0723 e. The number of nitrogens with one attached hydrogen (secondary N) is 1. The first-order valence-corrected chi connectivity index (χ1v) is 8.83. The van der Waals surface area contributed by atoms with Gasteiger partial charge in [0.2, 0.25) is 0 Å². The van der Waals surface area contributed by atoms with Crippen LogP contribution >= 0.6 is 0 Å². The predicted molar refractivity (Wildman–Crippen MR) is 102 cm³/mol. The van der Waals surface area contributed by atoms with Crippen LogP contribution in [-0.2, 0) is 0 Å². The molecular formula is C19H24N6. The number of rotatable bonds is 4. The number of hydrogen-bond donors (Lipinski definition) is 2. The number of H-pyrrole nitrogens is 1. The molecule has 6 heteroatoms. The lowest BCUT2D eigenvalue weighted by atomic mass is 10.0. The number of nitrogens with two attached hydrogens (primary N) is 1. The van der Waals surface area contributed by atoms with Crippen LogP contribution < -0.4 is 10.6 Å². The highest BCUT2D eigenvalue weighted by Crippen LogP contribution is 2.31. The Balaban J connectivity index is 1.68. The summed E-state index contributed by atoms with van der Waals surface area (Å²) in [6, 6.07) is 8.59. The third kappa shape index (κ3) is 3.10. The van der Waals surface area contributed by atoms with E-state index < -0.39 is 0 Å². The van der Waals surface area contributed by atoms with Crippen LogP contribution in [-0.4, -0.2) is 59.3 Å². The molecule has 0 bridgehead atoms. The highest BCUT2D eigenvalue weighted by molar-refractivity contribution is 5.94. The molecule has 1 fully saturated rings. The van der Waals surface area contributed by atoms with Crippen LogP contribution in [0.1, 0.15) is 5.69 Å². The number of benzene rings is 1. The summed E-state index contributed by atoms with van der Waals surface area (Å²) in [6.07, 6.45) is 3.80. The second-order valence-electron chi connectivity index (χ2n) is 6.59. The van der Waals surface area contributed by atoms with E-state index in [9.17, 15) is 0 Å². The molecule has 3 aromatic rings. The van der Waals surface area contributed by atoms with Gasteiger partial charge < -0.3 is 10.6 Å². The van der Waals surface area contributed by atoms with Crippen LogP contribution in [0.5, 0.6) is 0 Å². The van der Waals surface area contributed by atoms with Crippen molar-refractivity contribution in [2.75, 3.05) is 44.2 Å². The van der Waals surface area contributed by atoms with Crippen LogP contribution in [0.25, 0.3) is 22.0 Å². The molecule has 0 unspecified atom stereocenters. The van der Waals surface area contributed by atoms with Gasteiger partial charge in [-0.3, -0.25) is 15.0 Å². The maximum atomic E-state index is 5.68. The summed E-state index contributed by atoms with van der Waals surface area (Å²) in [4.78, 5) is 9.44. The Morgan fingerprint density at radius 1 is 1.16 bits per heavy atom. The number of fused-ring (bicyclic) bond motifs is 1. The van der Waals surface area contributed by atoms with Crippen molar-refractivity contribution in [1.29, 1.82) is 0 Å². The number of aryl methyl sites for hydroxylation is 1.